The van der Waals surface area contributed by atoms with Gasteiger partial charge in [-0.3, -0.25) is 4.79 Å². The first-order valence-electron chi connectivity index (χ1n) is 7.59. The van der Waals surface area contributed by atoms with E-state index in [0.717, 1.165) is 31.1 Å². The highest BCUT2D eigenvalue weighted by molar-refractivity contribution is 7.90. The number of benzene rings is 1. The first-order valence-corrected chi connectivity index (χ1v) is 9.48. The summed E-state index contributed by atoms with van der Waals surface area (Å²) in [6.45, 7) is 4.41. The number of nitrogens with two attached hydrogens (primary N) is 1. The van der Waals surface area contributed by atoms with Gasteiger partial charge in [0.2, 0.25) is 0 Å². The third-order valence-corrected chi connectivity index (χ3v) is 5.39. The van der Waals surface area contributed by atoms with Crippen molar-refractivity contribution in [2.75, 3.05) is 12.8 Å². The molecule has 6 heteroatoms. The van der Waals surface area contributed by atoms with Gasteiger partial charge in [0, 0.05) is 30.4 Å². The third kappa shape index (κ3) is 3.50. The van der Waals surface area contributed by atoms with Crippen LogP contribution in [-0.2, 0) is 9.84 Å². The van der Waals surface area contributed by atoms with E-state index in [9.17, 15) is 13.2 Å². The Morgan fingerprint density at radius 3 is 2.64 bits per heavy atom. The number of nitrogens with zero attached hydrogens (tertiary/aromatic N) is 1. The lowest BCUT2D eigenvalue weighted by atomic mass is 9.95. The average molecular weight is 324 g/mol. The molecule has 1 aliphatic rings. The molecule has 0 spiro atoms. The van der Waals surface area contributed by atoms with E-state index in [0.29, 0.717) is 12.1 Å². The van der Waals surface area contributed by atoms with Crippen molar-refractivity contribution in [1.29, 1.82) is 0 Å². The topological polar surface area (TPSA) is 80.5 Å². The Morgan fingerprint density at radius 2 is 2.05 bits per heavy atom. The van der Waals surface area contributed by atoms with Gasteiger partial charge in [-0.15, -0.1) is 0 Å². The van der Waals surface area contributed by atoms with E-state index in [1.807, 2.05) is 18.7 Å². The second-order valence-electron chi connectivity index (χ2n) is 6.17. The second-order valence-corrected chi connectivity index (χ2v) is 8.19. The van der Waals surface area contributed by atoms with Gasteiger partial charge in [-0.25, -0.2) is 8.42 Å². The predicted octanol–water partition coefficient (Wildman–Crippen LogP) is 1.74. The molecule has 22 heavy (non-hydrogen) atoms. The number of sulfone groups is 1. The van der Waals surface area contributed by atoms with Gasteiger partial charge >= 0.3 is 0 Å². The zero-order chi connectivity index (χ0) is 16.5. The SMILES string of the molecule is Cc1ccc(S(C)(=O)=O)cc1C(=O)N1CCCCC1C(C)N. The van der Waals surface area contributed by atoms with Crippen LogP contribution < -0.4 is 5.73 Å². The van der Waals surface area contributed by atoms with Crippen LogP contribution >= 0.6 is 0 Å². The summed E-state index contributed by atoms with van der Waals surface area (Å²) in [4.78, 5) is 14.9. The molecule has 2 atom stereocenters. The highest BCUT2D eigenvalue weighted by atomic mass is 32.2. The van der Waals surface area contributed by atoms with Crippen molar-refractivity contribution in [2.45, 2.75) is 50.1 Å². The first-order chi connectivity index (χ1) is 10.2. The first kappa shape index (κ1) is 17.0. The Hall–Kier alpha value is -1.40. The van der Waals surface area contributed by atoms with Gasteiger partial charge in [0.05, 0.1) is 4.90 Å². The molecule has 2 rings (SSSR count). The molecule has 0 aromatic heterocycles. The molecule has 0 bridgehead atoms. The van der Waals surface area contributed by atoms with Crippen molar-refractivity contribution in [3.05, 3.63) is 29.3 Å². The van der Waals surface area contributed by atoms with Crippen molar-refractivity contribution >= 4 is 15.7 Å². The van der Waals surface area contributed by atoms with E-state index in [1.165, 1.54) is 6.07 Å². The molecule has 2 unspecified atom stereocenters. The van der Waals surface area contributed by atoms with Crippen LogP contribution in [0.1, 0.15) is 42.1 Å². The molecule has 2 N–H and O–H groups in total. The second kappa shape index (κ2) is 6.38. The van der Waals surface area contributed by atoms with Gasteiger partial charge in [-0.1, -0.05) is 6.07 Å². The van der Waals surface area contributed by atoms with Crippen molar-refractivity contribution in [3.63, 3.8) is 0 Å². The molecule has 1 aromatic rings. The van der Waals surface area contributed by atoms with Crippen LogP contribution in [0.3, 0.4) is 0 Å². The molecule has 5 nitrogen and oxygen atoms in total. The minimum atomic E-state index is -3.33. The van der Waals surface area contributed by atoms with Crippen molar-refractivity contribution in [1.82, 2.24) is 4.90 Å². The molecule has 1 amide bonds. The molecular weight excluding hydrogens is 300 g/mol. The summed E-state index contributed by atoms with van der Waals surface area (Å²) in [5.74, 6) is -0.120. The molecule has 0 aliphatic carbocycles. The number of carbonyl (C=O) groups excluding carboxylic acids is 1. The van der Waals surface area contributed by atoms with Gasteiger partial charge in [0.15, 0.2) is 9.84 Å². The molecule has 122 valence electrons. The quantitative estimate of drug-likeness (QED) is 0.918. The lowest BCUT2D eigenvalue weighted by Gasteiger charge is -2.38. The largest absolute Gasteiger partial charge is 0.334 e. The summed E-state index contributed by atoms with van der Waals surface area (Å²) in [5, 5.41) is 0. The van der Waals surface area contributed by atoms with Crippen LogP contribution in [0.2, 0.25) is 0 Å². The van der Waals surface area contributed by atoms with Crippen LogP contribution in [0, 0.1) is 6.92 Å². The number of rotatable bonds is 3. The number of hydrogen-bond donors (Lipinski definition) is 1. The molecular formula is C16H24N2O3S. The number of likely N-dealkylation sites (tertiary alicyclic amines) is 1. The van der Waals surface area contributed by atoms with E-state index >= 15 is 0 Å². The zero-order valence-electron chi connectivity index (χ0n) is 13.4. The molecule has 1 aromatic carbocycles. The maximum atomic E-state index is 12.9. The van der Waals surface area contributed by atoms with Gasteiger partial charge in [-0.05, 0) is 50.8 Å². The Kier molecular flexibility index (Phi) is 4.92. The van der Waals surface area contributed by atoms with Gasteiger partial charge in [0.25, 0.3) is 5.91 Å². The van der Waals surface area contributed by atoms with E-state index in [2.05, 4.69) is 0 Å². The number of piperidine rings is 1. The smallest absolute Gasteiger partial charge is 0.254 e. The van der Waals surface area contributed by atoms with E-state index in [1.54, 1.807) is 12.1 Å². The summed E-state index contributed by atoms with van der Waals surface area (Å²) in [6.07, 6.45) is 4.07. The summed E-state index contributed by atoms with van der Waals surface area (Å²) in [5.41, 5.74) is 7.26. The van der Waals surface area contributed by atoms with Crippen molar-refractivity contribution in [2.24, 2.45) is 5.73 Å². The molecule has 0 radical (unpaired) electrons. The van der Waals surface area contributed by atoms with Crippen LogP contribution in [0.5, 0.6) is 0 Å². The number of carbonyl (C=O) groups is 1. The third-order valence-electron chi connectivity index (χ3n) is 4.28. The maximum absolute atomic E-state index is 12.9. The minimum absolute atomic E-state index is 0.0162. The average Bonchev–Trinajstić information content (AvgIpc) is 2.45. The summed E-state index contributed by atoms with van der Waals surface area (Å²) >= 11 is 0. The Morgan fingerprint density at radius 1 is 1.36 bits per heavy atom. The zero-order valence-corrected chi connectivity index (χ0v) is 14.2. The molecule has 1 aliphatic heterocycles. The monoisotopic (exact) mass is 324 g/mol. The molecule has 1 saturated heterocycles. The number of hydrogen-bond acceptors (Lipinski definition) is 4. The van der Waals surface area contributed by atoms with Crippen LogP contribution in [0.4, 0.5) is 0 Å². The highest BCUT2D eigenvalue weighted by Crippen LogP contribution is 2.24. The van der Waals surface area contributed by atoms with Gasteiger partial charge in [0.1, 0.15) is 0 Å². The van der Waals surface area contributed by atoms with Crippen LogP contribution in [0.25, 0.3) is 0 Å². The van der Waals surface area contributed by atoms with Gasteiger partial charge in [-0.2, -0.15) is 0 Å². The normalized spacial score (nSPS) is 20.7. The maximum Gasteiger partial charge on any atom is 0.254 e. The lowest BCUT2D eigenvalue weighted by Crippen LogP contribution is -2.51. The van der Waals surface area contributed by atoms with Crippen molar-refractivity contribution in [3.8, 4) is 0 Å². The number of aryl methyl sites for hydroxylation is 1. The Bertz CT molecular complexity index is 668. The summed E-state index contributed by atoms with van der Waals surface area (Å²) in [6, 6.07) is 4.64. The summed E-state index contributed by atoms with van der Waals surface area (Å²) < 4.78 is 23.4. The lowest BCUT2D eigenvalue weighted by molar-refractivity contribution is 0.0583. The fourth-order valence-corrected chi connectivity index (χ4v) is 3.62. The molecule has 1 heterocycles. The van der Waals surface area contributed by atoms with E-state index < -0.39 is 9.84 Å². The fourth-order valence-electron chi connectivity index (χ4n) is 2.97. The fraction of sp³-hybridized carbons (Fsp3) is 0.562. The van der Waals surface area contributed by atoms with Crippen LogP contribution in [0.15, 0.2) is 23.1 Å². The molecule has 0 saturated carbocycles. The minimum Gasteiger partial charge on any atom is -0.334 e. The predicted molar refractivity (Wildman–Crippen MR) is 86.6 cm³/mol. The Labute approximate surface area is 132 Å². The van der Waals surface area contributed by atoms with E-state index in [4.69, 9.17) is 5.73 Å². The highest BCUT2D eigenvalue weighted by Gasteiger charge is 2.30. The van der Waals surface area contributed by atoms with E-state index in [-0.39, 0.29) is 22.9 Å². The number of amides is 1. The van der Waals surface area contributed by atoms with Gasteiger partial charge < -0.3 is 10.6 Å². The standard InChI is InChI=1S/C16H24N2O3S/c1-11-7-8-13(22(3,20)21)10-14(11)16(19)18-9-5-4-6-15(18)12(2)17/h7-8,10,12,15H,4-6,9,17H2,1-3H3. The summed E-state index contributed by atoms with van der Waals surface area (Å²) in [7, 11) is -3.33. The molecule has 1 fully saturated rings. The van der Waals surface area contributed by atoms with Crippen LogP contribution in [-0.4, -0.2) is 44.1 Å². The van der Waals surface area contributed by atoms with Crippen molar-refractivity contribution < 1.29 is 13.2 Å². The Balaban J connectivity index is 2.40.